The smallest absolute Gasteiger partial charge is 0.248 e. The number of hydrogen-bond donors (Lipinski definition) is 1. The van der Waals surface area contributed by atoms with Gasteiger partial charge in [0.1, 0.15) is 11.6 Å². The van der Waals surface area contributed by atoms with Crippen molar-refractivity contribution in [1.29, 1.82) is 0 Å². The topological polar surface area (TPSA) is 90.4 Å². The molecule has 1 N–H and O–H groups in total. The van der Waals surface area contributed by atoms with E-state index in [-0.39, 0.29) is 36.8 Å². The fourth-order valence-corrected chi connectivity index (χ4v) is 7.07. The van der Waals surface area contributed by atoms with Gasteiger partial charge in [0.2, 0.25) is 17.7 Å². The molecule has 3 fully saturated rings. The average Bonchev–Trinajstić information content (AvgIpc) is 3.44. The number of aliphatic hydroxyl groups is 1. The summed E-state index contributed by atoms with van der Waals surface area (Å²) in [5.41, 5.74) is -1.29. The van der Waals surface area contributed by atoms with E-state index in [9.17, 15) is 19.5 Å². The number of likely N-dealkylation sites (tertiary alicyclic amines) is 1. The van der Waals surface area contributed by atoms with Crippen molar-refractivity contribution in [2.45, 2.75) is 63.7 Å². The summed E-state index contributed by atoms with van der Waals surface area (Å²) >= 11 is 0. The molecule has 4 rings (SSSR count). The van der Waals surface area contributed by atoms with Gasteiger partial charge < -0.3 is 24.5 Å². The third-order valence-electron chi connectivity index (χ3n) is 8.96. The van der Waals surface area contributed by atoms with Crippen molar-refractivity contribution in [2.75, 3.05) is 37.7 Å². The number of anilines is 1. The molecule has 0 radical (unpaired) electrons. The molecule has 1 aromatic rings. The van der Waals surface area contributed by atoms with Gasteiger partial charge in [0.05, 0.1) is 17.4 Å². The minimum absolute atomic E-state index is 0.0477. The van der Waals surface area contributed by atoms with Crippen LogP contribution in [0.15, 0.2) is 55.6 Å². The number of benzene rings is 1. The summed E-state index contributed by atoms with van der Waals surface area (Å²) < 4.78 is 6.86. The number of fused-ring (bicyclic) bond motifs is 1. The van der Waals surface area contributed by atoms with Crippen LogP contribution in [-0.4, -0.2) is 82.7 Å². The maximum atomic E-state index is 14.4. The largest absolute Gasteiger partial charge is 0.396 e. The molecule has 212 valence electrons. The third kappa shape index (κ3) is 4.72. The third-order valence-corrected chi connectivity index (χ3v) is 8.96. The van der Waals surface area contributed by atoms with Crippen LogP contribution >= 0.6 is 0 Å². The van der Waals surface area contributed by atoms with Gasteiger partial charge in [-0.25, -0.2) is 0 Å². The second-order valence-electron chi connectivity index (χ2n) is 11.3. The molecule has 8 heteroatoms. The Morgan fingerprint density at radius 3 is 2.46 bits per heavy atom. The van der Waals surface area contributed by atoms with Crippen LogP contribution in [0.4, 0.5) is 5.69 Å². The Kier molecular flexibility index (Phi) is 8.66. The number of rotatable bonds is 13. The minimum atomic E-state index is -1.11. The number of carbonyl (C=O) groups is 3. The van der Waals surface area contributed by atoms with Gasteiger partial charge in [0, 0.05) is 38.5 Å². The second kappa shape index (κ2) is 11.6. The van der Waals surface area contributed by atoms with Gasteiger partial charge in [-0.2, -0.15) is 0 Å². The van der Waals surface area contributed by atoms with Gasteiger partial charge >= 0.3 is 0 Å². The summed E-state index contributed by atoms with van der Waals surface area (Å²) in [7, 11) is 0. The summed E-state index contributed by atoms with van der Waals surface area (Å²) in [6.07, 6.45) is 5.99. The van der Waals surface area contributed by atoms with E-state index in [1.807, 2.05) is 44.2 Å². The number of amides is 3. The Labute approximate surface area is 232 Å². The molecule has 6 atom stereocenters. The maximum Gasteiger partial charge on any atom is 0.248 e. The number of ether oxygens (including phenoxy) is 1. The van der Waals surface area contributed by atoms with E-state index in [1.165, 1.54) is 0 Å². The number of para-hydroxylation sites is 1. The van der Waals surface area contributed by atoms with E-state index in [0.29, 0.717) is 32.5 Å². The van der Waals surface area contributed by atoms with Gasteiger partial charge in [-0.15, -0.1) is 13.2 Å². The van der Waals surface area contributed by atoms with E-state index < -0.39 is 29.1 Å². The first kappa shape index (κ1) is 29.0. The fraction of sp³-hybridized carbons (Fsp3) is 0.581. The molecule has 0 aromatic heterocycles. The molecule has 39 heavy (non-hydrogen) atoms. The second-order valence-corrected chi connectivity index (χ2v) is 11.3. The normalized spacial score (nSPS) is 30.8. The lowest BCUT2D eigenvalue weighted by Crippen LogP contribution is -2.57. The van der Waals surface area contributed by atoms with Crippen LogP contribution in [0, 0.1) is 17.8 Å². The Hall–Kier alpha value is -2.97. The first-order chi connectivity index (χ1) is 18.7. The predicted molar refractivity (Wildman–Crippen MR) is 151 cm³/mol. The molecule has 3 saturated heterocycles. The van der Waals surface area contributed by atoms with E-state index >= 15 is 0 Å². The van der Waals surface area contributed by atoms with Gasteiger partial charge in [-0.05, 0) is 44.2 Å². The van der Waals surface area contributed by atoms with Crippen molar-refractivity contribution in [3.8, 4) is 0 Å². The molecule has 0 saturated carbocycles. The number of aliphatic hydroxyl groups excluding tert-OH is 1. The summed E-state index contributed by atoms with van der Waals surface area (Å²) in [5.74, 6) is -2.20. The molecular weight excluding hydrogens is 494 g/mol. The van der Waals surface area contributed by atoms with Crippen LogP contribution in [0.5, 0.6) is 0 Å². The zero-order valence-electron chi connectivity index (χ0n) is 23.6. The van der Waals surface area contributed by atoms with Gasteiger partial charge in [0.15, 0.2) is 0 Å². The van der Waals surface area contributed by atoms with Crippen LogP contribution in [0.1, 0.15) is 46.5 Å². The molecule has 3 heterocycles. The van der Waals surface area contributed by atoms with E-state index in [0.717, 1.165) is 18.5 Å². The highest BCUT2D eigenvalue weighted by atomic mass is 16.5. The van der Waals surface area contributed by atoms with E-state index in [1.54, 1.807) is 26.9 Å². The van der Waals surface area contributed by atoms with Crippen LogP contribution < -0.4 is 4.90 Å². The summed E-state index contributed by atoms with van der Waals surface area (Å²) in [6, 6.07) is 8.52. The van der Waals surface area contributed by atoms with Crippen molar-refractivity contribution < 1.29 is 24.2 Å². The van der Waals surface area contributed by atoms with Crippen molar-refractivity contribution in [1.82, 2.24) is 9.80 Å². The summed E-state index contributed by atoms with van der Waals surface area (Å²) in [6.45, 7) is 15.1. The molecule has 1 aromatic carbocycles. The number of nitrogens with zero attached hydrogens (tertiary/aromatic N) is 3. The van der Waals surface area contributed by atoms with Crippen molar-refractivity contribution in [3.63, 3.8) is 0 Å². The SMILES string of the molecule is C=CCN(CCCC)C(=O)C1N(CCCO)C(=O)[C@@H]2[C@H](C(=O)N(CC=C)c3ccccc3)[C@@]3(C)OC12CC3C. The lowest BCUT2D eigenvalue weighted by molar-refractivity contribution is -0.152. The number of hydrogen-bond acceptors (Lipinski definition) is 5. The molecule has 3 unspecified atom stereocenters. The van der Waals surface area contributed by atoms with Crippen LogP contribution in [-0.2, 0) is 19.1 Å². The van der Waals surface area contributed by atoms with Gasteiger partial charge in [-0.1, -0.05) is 50.6 Å². The van der Waals surface area contributed by atoms with Crippen LogP contribution in [0.2, 0.25) is 0 Å². The molecule has 8 nitrogen and oxygen atoms in total. The zero-order valence-corrected chi connectivity index (χ0v) is 23.6. The van der Waals surface area contributed by atoms with Crippen molar-refractivity contribution in [2.24, 2.45) is 17.8 Å². The molecule has 0 aliphatic carbocycles. The van der Waals surface area contributed by atoms with E-state index in [2.05, 4.69) is 20.1 Å². The molecule has 1 spiro atoms. The number of carbonyl (C=O) groups excluding carboxylic acids is 3. The Bertz CT molecular complexity index is 1090. The fourth-order valence-electron chi connectivity index (χ4n) is 7.07. The molecule has 3 amide bonds. The first-order valence-corrected chi connectivity index (χ1v) is 14.2. The lowest BCUT2D eigenvalue weighted by atomic mass is 9.62. The lowest BCUT2D eigenvalue weighted by Gasteiger charge is -2.39. The monoisotopic (exact) mass is 537 g/mol. The summed E-state index contributed by atoms with van der Waals surface area (Å²) in [4.78, 5) is 47.9. The van der Waals surface area contributed by atoms with E-state index in [4.69, 9.17) is 4.74 Å². The molecule has 2 bridgehead atoms. The quantitative estimate of drug-likeness (QED) is 0.390. The Morgan fingerprint density at radius 1 is 1.15 bits per heavy atom. The molecule has 3 aliphatic heterocycles. The molecule has 3 aliphatic rings. The maximum absolute atomic E-state index is 14.4. The highest BCUT2D eigenvalue weighted by Gasteiger charge is 2.80. The van der Waals surface area contributed by atoms with Crippen LogP contribution in [0.3, 0.4) is 0 Å². The Morgan fingerprint density at radius 2 is 1.85 bits per heavy atom. The Balaban J connectivity index is 1.80. The predicted octanol–water partition coefficient (Wildman–Crippen LogP) is 3.41. The minimum Gasteiger partial charge on any atom is -0.396 e. The number of unbranched alkanes of at least 4 members (excludes halogenated alkanes) is 1. The molecular formula is C31H43N3O5. The highest BCUT2D eigenvalue weighted by molar-refractivity contribution is 6.03. The van der Waals surface area contributed by atoms with Crippen molar-refractivity contribution >= 4 is 23.4 Å². The average molecular weight is 538 g/mol. The van der Waals surface area contributed by atoms with Gasteiger partial charge in [0.25, 0.3) is 0 Å². The van der Waals surface area contributed by atoms with Gasteiger partial charge in [-0.3, -0.25) is 14.4 Å². The summed E-state index contributed by atoms with van der Waals surface area (Å²) in [5, 5.41) is 9.61. The standard InChI is InChI=1S/C31H43N3O5/c1-6-9-18-32(16-7-2)29(38)26-31-21-22(4)30(5,39-31)24(25(31)28(37)34(26)19-13-20-35)27(36)33(17-8-3)23-14-11-10-12-15-23/h7-8,10-12,14-15,22,24-26,35H,2-3,6,9,13,16-21H2,1,4-5H3/t22?,24-,25+,26?,30+,31?/m1/s1. The first-order valence-electron chi connectivity index (χ1n) is 14.2. The highest BCUT2D eigenvalue weighted by Crippen LogP contribution is 2.65. The van der Waals surface area contributed by atoms with Crippen molar-refractivity contribution in [3.05, 3.63) is 55.6 Å². The zero-order chi connectivity index (χ0) is 28.4. The van der Waals surface area contributed by atoms with Crippen LogP contribution in [0.25, 0.3) is 0 Å².